The highest BCUT2D eigenvalue weighted by atomic mass is 16.5. The number of benzene rings is 1. The molecule has 3 heteroatoms. The van der Waals surface area contributed by atoms with Crippen LogP contribution in [0.3, 0.4) is 0 Å². The van der Waals surface area contributed by atoms with Crippen LogP contribution in [0.5, 0.6) is 11.5 Å². The third-order valence-corrected chi connectivity index (χ3v) is 4.37. The Balaban J connectivity index is 1.90. The summed E-state index contributed by atoms with van der Waals surface area (Å²) in [6, 6.07) is 7.40. The van der Waals surface area contributed by atoms with Gasteiger partial charge in [-0.25, -0.2) is 0 Å². The average Bonchev–Trinajstić information content (AvgIpc) is 2.75. The minimum absolute atomic E-state index is 0.492. The van der Waals surface area contributed by atoms with Crippen LogP contribution in [-0.4, -0.2) is 26.3 Å². The summed E-state index contributed by atoms with van der Waals surface area (Å²) in [6.07, 6.45) is 9.25. The van der Waals surface area contributed by atoms with Crippen molar-refractivity contribution in [2.24, 2.45) is 0 Å². The van der Waals surface area contributed by atoms with E-state index in [2.05, 4.69) is 24.4 Å². The lowest BCUT2D eigenvalue weighted by Crippen LogP contribution is -2.37. The molecule has 1 aliphatic carbocycles. The van der Waals surface area contributed by atoms with Crippen LogP contribution in [0.1, 0.15) is 51.0 Å². The number of methoxy groups -OCH3 is 2. The maximum Gasteiger partial charge on any atom is 0.160 e. The molecular formula is C18H29NO2. The first-order chi connectivity index (χ1) is 10.2. The highest BCUT2D eigenvalue weighted by Crippen LogP contribution is 2.28. The number of ether oxygens (including phenoxy) is 2. The van der Waals surface area contributed by atoms with E-state index in [1.165, 1.54) is 44.1 Å². The van der Waals surface area contributed by atoms with Crippen molar-refractivity contribution in [3.8, 4) is 11.5 Å². The first-order valence-electron chi connectivity index (χ1n) is 8.20. The fraction of sp³-hybridized carbons (Fsp3) is 0.667. The van der Waals surface area contributed by atoms with Crippen LogP contribution in [0, 0.1) is 0 Å². The summed E-state index contributed by atoms with van der Waals surface area (Å²) in [5, 5.41) is 3.80. The summed E-state index contributed by atoms with van der Waals surface area (Å²) in [7, 11) is 3.36. The summed E-state index contributed by atoms with van der Waals surface area (Å²) >= 11 is 0. The van der Waals surface area contributed by atoms with Gasteiger partial charge in [-0.05, 0) is 43.9 Å². The predicted octanol–water partition coefficient (Wildman–Crippen LogP) is 3.95. The maximum atomic E-state index is 5.38. The van der Waals surface area contributed by atoms with Gasteiger partial charge in [-0.2, -0.15) is 0 Å². The van der Waals surface area contributed by atoms with Crippen LogP contribution in [0.25, 0.3) is 0 Å². The summed E-state index contributed by atoms with van der Waals surface area (Å²) in [6.45, 7) is 2.28. The molecule has 2 rings (SSSR count). The fourth-order valence-electron chi connectivity index (χ4n) is 3.27. The van der Waals surface area contributed by atoms with Gasteiger partial charge in [-0.1, -0.05) is 31.7 Å². The van der Waals surface area contributed by atoms with Crippen molar-refractivity contribution >= 4 is 0 Å². The zero-order valence-electron chi connectivity index (χ0n) is 13.7. The van der Waals surface area contributed by atoms with E-state index in [1.54, 1.807) is 14.2 Å². The molecule has 0 saturated heterocycles. The Labute approximate surface area is 129 Å². The molecule has 0 spiro atoms. The Morgan fingerprint density at radius 3 is 2.33 bits per heavy atom. The Hall–Kier alpha value is -1.22. The minimum Gasteiger partial charge on any atom is -0.493 e. The van der Waals surface area contributed by atoms with Crippen molar-refractivity contribution in [1.82, 2.24) is 5.32 Å². The highest BCUT2D eigenvalue weighted by Gasteiger charge is 2.15. The normalized spacial score (nSPS) is 18.0. The molecule has 0 bridgehead atoms. The van der Waals surface area contributed by atoms with E-state index in [0.717, 1.165) is 17.9 Å². The van der Waals surface area contributed by atoms with Crippen molar-refractivity contribution in [3.63, 3.8) is 0 Å². The molecule has 0 heterocycles. The maximum absolute atomic E-state index is 5.38. The summed E-state index contributed by atoms with van der Waals surface area (Å²) < 4.78 is 10.7. The van der Waals surface area contributed by atoms with Gasteiger partial charge >= 0.3 is 0 Å². The van der Waals surface area contributed by atoms with Gasteiger partial charge in [0.1, 0.15) is 0 Å². The number of nitrogens with one attached hydrogen (secondary N) is 1. The molecule has 0 unspecified atom stereocenters. The molecular weight excluding hydrogens is 262 g/mol. The van der Waals surface area contributed by atoms with Crippen molar-refractivity contribution < 1.29 is 9.47 Å². The first kappa shape index (κ1) is 16.2. The lowest BCUT2D eigenvalue weighted by molar-refractivity contribution is 0.354. The van der Waals surface area contributed by atoms with Gasteiger partial charge in [0.25, 0.3) is 0 Å². The third kappa shape index (κ3) is 4.92. The van der Waals surface area contributed by atoms with Gasteiger partial charge in [0.2, 0.25) is 0 Å². The van der Waals surface area contributed by atoms with E-state index in [1.807, 2.05) is 6.07 Å². The molecule has 1 N–H and O–H groups in total. The zero-order chi connectivity index (χ0) is 15.1. The van der Waals surface area contributed by atoms with Crippen LogP contribution in [-0.2, 0) is 6.42 Å². The molecule has 1 aromatic rings. The molecule has 0 aliphatic heterocycles. The highest BCUT2D eigenvalue weighted by molar-refractivity contribution is 5.43. The Morgan fingerprint density at radius 1 is 1.05 bits per heavy atom. The molecule has 0 radical (unpaired) electrons. The van der Waals surface area contributed by atoms with Gasteiger partial charge < -0.3 is 14.8 Å². The smallest absolute Gasteiger partial charge is 0.160 e. The van der Waals surface area contributed by atoms with Gasteiger partial charge in [0.15, 0.2) is 11.5 Å². The predicted molar refractivity (Wildman–Crippen MR) is 87.3 cm³/mol. The molecule has 1 atom stereocenters. The van der Waals surface area contributed by atoms with Crippen LogP contribution in [0.4, 0.5) is 0 Å². The molecule has 1 aliphatic rings. The fourth-order valence-corrected chi connectivity index (χ4v) is 3.27. The molecule has 21 heavy (non-hydrogen) atoms. The Bertz CT molecular complexity index is 425. The third-order valence-electron chi connectivity index (χ3n) is 4.37. The van der Waals surface area contributed by atoms with E-state index in [9.17, 15) is 0 Å². The van der Waals surface area contributed by atoms with Crippen LogP contribution in [0.15, 0.2) is 18.2 Å². The monoisotopic (exact) mass is 291 g/mol. The summed E-state index contributed by atoms with van der Waals surface area (Å²) in [4.78, 5) is 0. The van der Waals surface area contributed by atoms with Gasteiger partial charge in [0.05, 0.1) is 14.2 Å². The molecule has 1 saturated carbocycles. The zero-order valence-corrected chi connectivity index (χ0v) is 13.7. The summed E-state index contributed by atoms with van der Waals surface area (Å²) in [5.74, 6) is 1.61. The average molecular weight is 291 g/mol. The number of hydrogen-bond acceptors (Lipinski definition) is 3. The van der Waals surface area contributed by atoms with E-state index in [0.29, 0.717) is 12.1 Å². The van der Waals surface area contributed by atoms with Crippen molar-refractivity contribution in [3.05, 3.63) is 23.8 Å². The number of hydrogen-bond donors (Lipinski definition) is 1. The Morgan fingerprint density at radius 2 is 1.71 bits per heavy atom. The number of rotatable bonds is 6. The standard InChI is InChI=1S/C18H29NO2/c1-14(19-16-8-6-4-5-7-9-16)12-15-10-11-17(20-2)18(13-15)21-3/h10-11,13-14,16,19H,4-9,12H2,1-3H3/t14-/m0/s1. The van der Waals surface area contributed by atoms with Crippen LogP contribution >= 0.6 is 0 Å². The minimum atomic E-state index is 0.492. The molecule has 0 aromatic heterocycles. The quantitative estimate of drug-likeness (QED) is 0.805. The van der Waals surface area contributed by atoms with Gasteiger partial charge in [0, 0.05) is 12.1 Å². The van der Waals surface area contributed by atoms with E-state index >= 15 is 0 Å². The van der Waals surface area contributed by atoms with Crippen molar-refractivity contribution in [2.75, 3.05) is 14.2 Å². The van der Waals surface area contributed by atoms with E-state index in [-0.39, 0.29) is 0 Å². The van der Waals surface area contributed by atoms with Gasteiger partial charge in [-0.15, -0.1) is 0 Å². The lowest BCUT2D eigenvalue weighted by Gasteiger charge is -2.22. The van der Waals surface area contributed by atoms with Crippen molar-refractivity contribution in [1.29, 1.82) is 0 Å². The molecule has 1 fully saturated rings. The molecule has 1 aromatic carbocycles. The summed E-state index contributed by atoms with van der Waals surface area (Å²) in [5.41, 5.74) is 1.29. The van der Waals surface area contributed by atoms with Crippen molar-refractivity contribution in [2.45, 2.75) is 64.0 Å². The van der Waals surface area contributed by atoms with Gasteiger partial charge in [-0.3, -0.25) is 0 Å². The molecule has 118 valence electrons. The van der Waals surface area contributed by atoms with Crippen LogP contribution in [0.2, 0.25) is 0 Å². The first-order valence-corrected chi connectivity index (χ1v) is 8.20. The van der Waals surface area contributed by atoms with E-state index < -0.39 is 0 Å². The van der Waals surface area contributed by atoms with Crippen LogP contribution < -0.4 is 14.8 Å². The van der Waals surface area contributed by atoms with E-state index in [4.69, 9.17) is 9.47 Å². The topological polar surface area (TPSA) is 30.5 Å². The Kier molecular flexibility index (Phi) is 6.37. The molecule has 3 nitrogen and oxygen atoms in total. The SMILES string of the molecule is COc1ccc(C[C@H](C)NC2CCCCCC2)cc1OC. The second-order valence-corrected chi connectivity index (χ2v) is 6.15. The second-order valence-electron chi connectivity index (χ2n) is 6.15. The molecule has 0 amide bonds. The lowest BCUT2D eigenvalue weighted by atomic mass is 10.0. The largest absolute Gasteiger partial charge is 0.493 e. The second kappa shape index (κ2) is 8.28.